The van der Waals surface area contributed by atoms with Gasteiger partial charge in [0.1, 0.15) is 0 Å². The average molecular weight is 248 g/mol. The summed E-state index contributed by atoms with van der Waals surface area (Å²) in [5.41, 5.74) is 0. The summed E-state index contributed by atoms with van der Waals surface area (Å²) < 4.78 is 5.20. The number of carboxylic acids is 1. The minimum atomic E-state index is -1.28. The van der Waals surface area contributed by atoms with Crippen LogP contribution in [0.25, 0.3) is 0 Å². The second-order valence-corrected chi connectivity index (χ2v) is 3.44. The van der Waals surface area contributed by atoms with Crippen molar-refractivity contribution in [2.24, 2.45) is 0 Å². The van der Waals surface area contributed by atoms with Gasteiger partial charge in [0.05, 0.1) is 13.2 Å². The van der Waals surface area contributed by atoms with Gasteiger partial charge in [0.25, 0.3) is 0 Å². The number of hydrogen-bond donors (Lipinski definition) is 4. The lowest BCUT2D eigenvalue weighted by molar-refractivity contribution is -0.140. The molecule has 17 heavy (non-hydrogen) atoms. The Balaban J connectivity index is 3.55. The molecule has 0 bridgehead atoms. The summed E-state index contributed by atoms with van der Waals surface area (Å²) in [6.45, 7) is 2.73. The maximum Gasteiger partial charge on any atom is 0.328 e. The van der Waals surface area contributed by atoms with Crippen molar-refractivity contribution < 1.29 is 24.5 Å². The molecule has 0 heterocycles. The van der Waals surface area contributed by atoms with Crippen molar-refractivity contribution in [1.29, 1.82) is 0 Å². The summed E-state index contributed by atoms with van der Waals surface area (Å²) in [6.07, 6.45) is 2.02. The summed E-state index contributed by atoms with van der Waals surface area (Å²) in [5, 5.41) is 21.8. The van der Waals surface area contributed by atoms with Crippen LogP contribution in [0.15, 0.2) is 0 Å². The van der Waals surface area contributed by atoms with Gasteiger partial charge in [-0.25, -0.2) is 9.59 Å². The van der Waals surface area contributed by atoms with E-state index < -0.39 is 24.6 Å². The molecule has 0 aliphatic rings. The van der Waals surface area contributed by atoms with Crippen LogP contribution in [0, 0.1) is 0 Å². The highest BCUT2D eigenvalue weighted by molar-refractivity contribution is 5.82. The fourth-order valence-electron chi connectivity index (χ4n) is 0.980. The SMILES string of the molecule is CCCCOCCNC(=O)N[C@@H](CO)C(=O)O. The Bertz CT molecular complexity index is 235. The van der Waals surface area contributed by atoms with E-state index in [0.29, 0.717) is 19.8 Å². The van der Waals surface area contributed by atoms with Crippen LogP contribution in [0.1, 0.15) is 19.8 Å². The lowest BCUT2D eigenvalue weighted by Gasteiger charge is -2.12. The van der Waals surface area contributed by atoms with Crippen LogP contribution in [-0.2, 0) is 9.53 Å². The lowest BCUT2D eigenvalue weighted by Crippen LogP contribution is -2.48. The molecule has 0 saturated carbocycles. The van der Waals surface area contributed by atoms with Crippen LogP contribution in [0.5, 0.6) is 0 Å². The largest absolute Gasteiger partial charge is 0.480 e. The molecular weight excluding hydrogens is 228 g/mol. The van der Waals surface area contributed by atoms with E-state index in [1.165, 1.54) is 0 Å². The molecule has 0 fully saturated rings. The molecule has 0 aliphatic carbocycles. The first-order chi connectivity index (χ1) is 8.11. The molecule has 0 aromatic heterocycles. The van der Waals surface area contributed by atoms with Crippen LogP contribution < -0.4 is 10.6 Å². The van der Waals surface area contributed by atoms with E-state index in [9.17, 15) is 9.59 Å². The molecule has 7 heteroatoms. The summed E-state index contributed by atoms with van der Waals surface area (Å²) in [5.74, 6) is -1.28. The number of carbonyl (C=O) groups is 2. The zero-order chi connectivity index (χ0) is 13.1. The number of unbranched alkanes of at least 4 members (excludes halogenated alkanes) is 1. The van der Waals surface area contributed by atoms with Crippen molar-refractivity contribution in [2.45, 2.75) is 25.8 Å². The van der Waals surface area contributed by atoms with Crippen LogP contribution in [-0.4, -0.2) is 54.6 Å². The third-order valence-electron chi connectivity index (χ3n) is 1.96. The van der Waals surface area contributed by atoms with E-state index >= 15 is 0 Å². The molecule has 2 amide bonds. The first-order valence-electron chi connectivity index (χ1n) is 5.57. The Morgan fingerprint density at radius 3 is 2.59 bits per heavy atom. The van der Waals surface area contributed by atoms with Crippen molar-refractivity contribution >= 4 is 12.0 Å². The maximum atomic E-state index is 11.2. The minimum absolute atomic E-state index is 0.299. The molecule has 4 N–H and O–H groups in total. The molecule has 0 radical (unpaired) electrons. The Morgan fingerprint density at radius 1 is 1.35 bits per heavy atom. The fraction of sp³-hybridized carbons (Fsp3) is 0.800. The predicted octanol–water partition coefficient (Wildman–Crippen LogP) is -0.452. The minimum Gasteiger partial charge on any atom is -0.480 e. The third-order valence-corrected chi connectivity index (χ3v) is 1.96. The number of urea groups is 1. The lowest BCUT2D eigenvalue weighted by atomic mass is 10.3. The van der Waals surface area contributed by atoms with Crippen LogP contribution in [0.2, 0.25) is 0 Å². The van der Waals surface area contributed by atoms with Crippen molar-refractivity contribution in [3.8, 4) is 0 Å². The number of aliphatic hydroxyl groups excluding tert-OH is 1. The molecule has 0 saturated heterocycles. The number of carbonyl (C=O) groups excluding carboxylic acids is 1. The molecule has 7 nitrogen and oxygen atoms in total. The van der Waals surface area contributed by atoms with Crippen LogP contribution >= 0.6 is 0 Å². The first kappa shape index (κ1) is 15.7. The topological polar surface area (TPSA) is 108 Å². The van der Waals surface area contributed by atoms with Crippen LogP contribution in [0.3, 0.4) is 0 Å². The van der Waals surface area contributed by atoms with Crippen LogP contribution in [0.4, 0.5) is 4.79 Å². The highest BCUT2D eigenvalue weighted by Crippen LogP contribution is 1.87. The summed E-state index contributed by atoms with van der Waals surface area (Å²) in [6, 6.07) is -1.92. The van der Waals surface area contributed by atoms with E-state index in [1.807, 2.05) is 0 Å². The Morgan fingerprint density at radius 2 is 2.06 bits per heavy atom. The molecule has 0 spiro atoms. The number of hydrogen-bond acceptors (Lipinski definition) is 4. The maximum absolute atomic E-state index is 11.2. The van der Waals surface area contributed by atoms with Gasteiger partial charge in [-0.1, -0.05) is 13.3 Å². The van der Waals surface area contributed by atoms with Gasteiger partial charge in [-0.3, -0.25) is 0 Å². The second-order valence-electron chi connectivity index (χ2n) is 3.44. The van der Waals surface area contributed by atoms with E-state index in [-0.39, 0.29) is 0 Å². The number of rotatable bonds is 9. The number of aliphatic hydroxyl groups is 1. The van der Waals surface area contributed by atoms with Gasteiger partial charge in [0.2, 0.25) is 0 Å². The van der Waals surface area contributed by atoms with Gasteiger partial charge in [-0.05, 0) is 6.42 Å². The summed E-state index contributed by atoms with van der Waals surface area (Å²) >= 11 is 0. The zero-order valence-electron chi connectivity index (χ0n) is 9.94. The molecule has 0 aliphatic heterocycles. The fourth-order valence-corrected chi connectivity index (χ4v) is 0.980. The number of aliphatic carboxylic acids is 1. The monoisotopic (exact) mass is 248 g/mol. The number of amides is 2. The molecule has 0 aromatic rings. The highest BCUT2D eigenvalue weighted by atomic mass is 16.5. The van der Waals surface area contributed by atoms with Gasteiger partial charge < -0.3 is 25.6 Å². The third kappa shape index (κ3) is 8.47. The standard InChI is InChI=1S/C10H20N2O5/c1-2-3-5-17-6-4-11-10(16)12-8(7-13)9(14)15/h8,13H,2-7H2,1H3,(H,14,15)(H2,11,12,16)/t8-/m0/s1. The van der Waals surface area contributed by atoms with E-state index in [1.54, 1.807) is 0 Å². The predicted molar refractivity (Wildman–Crippen MR) is 60.8 cm³/mol. The number of nitrogens with one attached hydrogen (secondary N) is 2. The van der Waals surface area contributed by atoms with Crippen molar-refractivity contribution in [1.82, 2.24) is 10.6 Å². The summed E-state index contributed by atoms with van der Waals surface area (Å²) in [4.78, 5) is 21.6. The molecule has 0 rings (SSSR count). The zero-order valence-corrected chi connectivity index (χ0v) is 9.94. The molecule has 0 aromatic carbocycles. The number of carboxylic acid groups (broad SMARTS) is 1. The quantitative estimate of drug-likeness (QED) is 0.413. The normalized spacial score (nSPS) is 11.9. The Hall–Kier alpha value is -1.34. The van der Waals surface area contributed by atoms with Gasteiger partial charge >= 0.3 is 12.0 Å². The van der Waals surface area contributed by atoms with Gasteiger partial charge in [0.15, 0.2) is 6.04 Å². The van der Waals surface area contributed by atoms with E-state index in [0.717, 1.165) is 12.8 Å². The molecular formula is C10H20N2O5. The van der Waals surface area contributed by atoms with E-state index in [2.05, 4.69) is 17.6 Å². The Kier molecular flexibility index (Phi) is 9.08. The van der Waals surface area contributed by atoms with E-state index in [4.69, 9.17) is 14.9 Å². The smallest absolute Gasteiger partial charge is 0.328 e. The van der Waals surface area contributed by atoms with Gasteiger partial charge in [-0.15, -0.1) is 0 Å². The molecule has 0 unspecified atom stereocenters. The molecule has 100 valence electrons. The number of ether oxygens (including phenoxy) is 1. The van der Waals surface area contributed by atoms with Crippen molar-refractivity contribution in [3.63, 3.8) is 0 Å². The Labute approximate surface area is 100 Å². The van der Waals surface area contributed by atoms with Crippen molar-refractivity contribution in [2.75, 3.05) is 26.4 Å². The van der Waals surface area contributed by atoms with Gasteiger partial charge in [0, 0.05) is 13.2 Å². The van der Waals surface area contributed by atoms with Crippen molar-refractivity contribution in [3.05, 3.63) is 0 Å². The highest BCUT2D eigenvalue weighted by Gasteiger charge is 2.17. The first-order valence-corrected chi connectivity index (χ1v) is 5.57. The average Bonchev–Trinajstić information content (AvgIpc) is 2.30. The second kappa shape index (κ2) is 9.86. The molecule has 1 atom stereocenters. The van der Waals surface area contributed by atoms with Gasteiger partial charge in [-0.2, -0.15) is 0 Å². The summed E-state index contributed by atoms with van der Waals surface area (Å²) in [7, 11) is 0.